The van der Waals surface area contributed by atoms with Crippen LogP contribution in [-0.4, -0.2) is 17.0 Å². The van der Waals surface area contributed by atoms with Crippen LogP contribution in [0.3, 0.4) is 0 Å². The van der Waals surface area contributed by atoms with Gasteiger partial charge in [-0.25, -0.2) is 0 Å². The predicted octanol–water partition coefficient (Wildman–Crippen LogP) is 3.14. The number of carbonyl (C=O) groups excluding carboxylic acids is 1. The van der Waals surface area contributed by atoms with Crippen LogP contribution < -0.4 is 5.32 Å². The van der Waals surface area contributed by atoms with Crippen LogP contribution in [0.2, 0.25) is 5.02 Å². The summed E-state index contributed by atoms with van der Waals surface area (Å²) in [5.41, 5.74) is 0.959. The molecule has 1 atom stereocenters. The second kappa shape index (κ2) is 4.65. The molecule has 18 heavy (non-hydrogen) atoms. The molecule has 1 amide bonds. The second-order valence-electron chi connectivity index (χ2n) is 4.70. The van der Waals surface area contributed by atoms with Crippen molar-refractivity contribution >= 4 is 28.4 Å². The third-order valence-corrected chi connectivity index (χ3v) is 3.84. The van der Waals surface area contributed by atoms with Crippen LogP contribution in [0.4, 0.5) is 0 Å². The van der Waals surface area contributed by atoms with Gasteiger partial charge in [0, 0.05) is 18.1 Å². The summed E-state index contributed by atoms with van der Waals surface area (Å²) in [6, 6.07) is 7.70. The van der Waals surface area contributed by atoms with Crippen molar-refractivity contribution < 1.29 is 4.79 Å². The fraction of sp³-hybridized carbons (Fsp3) is 0.357. The van der Waals surface area contributed by atoms with E-state index in [9.17, 15) is 4.79 Å². The maximum Gasteiger partial charge on any atom is 0.243 e. The molecular weight excluding hydrogens is 248 g/mol. The zero-order valence-corrected chi connectivity index (χ0v) is 10.8. The molecule has 1 aliphatic rings. The van der Waals surface area contributed by atoms with Gasteiger partial charge in [-0.2, -0.15) is 0 Å². The SMILES string of the molecule is O=C1NCCCCC1n1ccc2cccc(Cl)c21. The summed E-state index contributed by atoms with van der Waals surface area (Å²) in [5.74, 6) is 0.102. The Labute approximate surface area is 111 Å². The van der Waals surface area contributed by atoms with Crippen LogP contribution in [0.5, 0.6) is 0 Å². The zero-order chi connectivity index (χ0) is 12.5. The lowest BCUT2D eigenvalue weighted by Gasteiger charge is -2.17. The number of nitrogens with one attached hydrogen (secondary N) is 1. The smallest absolute Gasteiger partial charge is 0.243 e. The number of para-hydroxylation sites is 1. The van der Waals surface area contributed by atoms with Gasteiger partial charge >= 0.3 is 0 Å². The molecule has 1 saturated heterocycles. The average molecular weight is 263 g/mol. The first-order chi connectivity index (χ1) is 8.77. The lowest BCUT2D eigenvalue weighted by atomic mass is 10.1. The maximum absolute atomic E-state index is 12.1. The lowest BCUT2D eigenvalue weighted by Crippen LogP contribution is -2.30. The third kappa shape index (κ3) is 1.89. The summed E-state index contributed by atoms with van der Waals surface area (Å²) in [6.45, 7) is 0.780. The standard InChI is InChI=1S/C14H15ClN2O/c15-11-5-3-4-10-7-9-17(13(10)11)12-6-1-2-8-16-14(12)18/h3-5,7,9,12H,1-2,6,8H2,(H,16,18). The van der Waals surface area contributed by atoms with Crippen molar-refractivity contribution in [1.29, 1.82) is 0 Å². The predicted molar refractivity (Wildman–Crippen MR) is 72.8 cm³/mol. The molecule has 1 aromatic carbocycles. The van der Waals surface area contributed by atoms with Gasteiger partial charge in [-0.15, -0.1) is 0 Å². The van der Waals surface area contributed by atoms with E-state index >= 15 is 0 Å². The van der Waals surface area contributed by atoms with Crippen molar-refractivity contribution in [2.24, 2.45) is 0 Å². The minimum absolute atomic E-state index is 0.102. The number of aromatic nitrogens is 1. The molecule has 3 nitrogen and oxygen atoms in total. The Bertz CT molecular complexity index is 590. The van der Waals surface area contributed by atoms with Gasteiger partial charge in [0.05, 0.1) is 10.5 Å². The number of hydrogen-bond acceptors (Lipinski definition) is 1. The Hall–Kier alpha value is -1.48. The summed E-state index contributed by atoms with van der Waals surface area (Å²) in [4.78, 5) is 12.1. The molecule has 94 valence electrons. The number of hydrogen-bond donors (Lipinski definition) is 1. The fourth-order valence-electron chi connectivity index (χ4n) is 2.62. The number of nitrogens with zero attached hydrogens (tertiary/aromatic N) is 1. The van der Waals surface area contributed by atoms with Crippen molar-refractivity contribution in [3.8, 4) is 0 Å². The zero-order valence-electron chi connectivity index (χ0n) is 10.0. The number of rotatable bonds is 1. The van der Waals surface area contributed by atoms with E-state index in [1.807, 2.05) is 35.0 Å². The fourth-order valence-corrected chi connectivity index (χ4v) is 2.90. The number of benzene rings is 1. The molecule has 1 N–H and O–H groups in total. The second-order valence-corrected chi connectivity index (χ2v) is 5.11. The van der Waals surface area contributed by atoms with Gasteiger partial charge in [-0.3, -0.25) is 4.79 Å². The normalized spacial score (nSPS) is 20.7. The number of amides is 1. The highest BCUT2D eigenvalue weighted by Gasteiger charge is 2.23. The quantitative estimate of drug-likeness (QED) is 0.842. The van der Waals surface area contributed by atoms with Crippen molar-refractivity contribution in [3.63, 3.8) is 0 Å². The van der Waals surface area contributed by atoms with E-state index in [1.165, 1.54) is 0 Å². The highest BCUT2D eigenvalue weighted by Crippen LogP contribution is 2.29. The first kappa shape index (κ1) is 11.6. The van der Waals surface area contributed by atoms with Gasteiger partial charge in [0.25, 0.3) is 0 Å². The first-order valence-corrected chi connectivity index (χ1v) is 6.68. The summed E-state index contributed by atoms with van der Waals surface area (Å²) >= 11 is 6.26. The largest absolute Gasteiger partial charge is 0.354 e. The Morgan fingerprint density at radius 1 is 1.28 bits per heavy atom. The molecule has 1 unspecified atom stereocenters. The van der Waals surface area contributed by atoms with E-state index in [2.05, 4.69) is 5.32 Å². The van der Waals surface area contributed by atoms with Crippen LogP contribution in [0.1, 0.15) is 25.3 Å². The average Bonchev–Trinajstić information content (AvgIpc) is 2.68. The minimum atomic E-state index is -0.134. The van der Waals surface area contributed by atoms with Crippen molar-refractivity contribution in [3.05, 3.63) is 35.5 Å². The molecule has 0 bridgehead atoms. The molecular formula is C14H15ClN2O. The van der Waals surface area contributed by atoms with E-state index in [0.29, 0.717) is 5.02 Å². The Kier molecular flexibility index (Phi) is 3.00. The highest BCUT2D eigenvalue weighted by molar-refractivity contribution is 6.35. The van der Waals surface area contributed by atoms with Gasteiger partial charge in [-0.1, -0.05) is 23.7 Å². The molecule has 2 heterocycles. The summed E-state index contributed by atoms with van der Waals surface area (Å²) in [5, 5.41) is 4.75. The third-order valence-electron chi connectivity index (χ3n) is 3.53. The van der Waals surface area contributed by atoms with E-state index in [0.717, 1.165) is 36.7 Å². The Morgan fingerprint density at radius 2 is 2.17 bits per heavy atom. The molecule has 3 rings (SSSR count). The molecule has 0 radical (unpaired) electrons. The Morgan fingerprint density at radius 3 is 3.06 bits per heavy atom. The van der Waals surface area contributed by atoms with E-state index < -0.39 is 0 Å². The highest BCUT2D eigenvalue weighted by atomic mass is 35.5. The van der Waals surface area contributed by atoms with Crippen molar-refractivity contribution in [2.45, 2.75) is 25.3 Å². The monoisotopic (exact) mass is 262 g/mol. The van der Waals surface area contributed by atoms with Gasteiger partial charge < -0.3 is 9.88 Å². The van der Waals surface area contributed by atoms with Crippen molar-refractivity contribution in [2.75, 3.05) is 6.54 Å². The van der Waals surface area contributed by atoms with Gasteiger partial charge in [0.2, 0.25) is 5.91 Å². The van der Waals surface area contributed by atoms with Gasteiger partial charge in [0.1, 0.15) is 6.04 Å². The summed E-state index contributed by atoms with van der Waals surface area (Å²) in [7, 11) is 0. The number of carbonyl (C=O) groups is 1. The van der Waals surface area contributed by atoms with Gasteiger partial charge in [0.15, 0.2) is 0 Å². The molecule has 4 heteroatoms. The van der Waals surface area contributed by atoms with Crippen LogP contribution in [0, 0.1) is 0 Å². The van der Waals surface area contributed by atoms with E-state index in [4.69, 9.17) is 11.6 Å². The maximum atomic E-state index is 12.1. The first-order valence-electron chi connectivity index (χ1n) is 6.30. The van der Waals surface area contributed by atoms with Crippen LogP contribution >= 0.6 is 11.6 Å². The summed E-state index contributed by atoms with van der Waals surface area (Å²) in [6.07, 6.45) is 4.95. The topological polar surface area (TPSA) is 34.0 Å². The van der Waals surface area contributed by atoms with Crippen LogP contribution in [-0.2, 0) is 4.79 Å². The molecule has 0 saturated carbocycles. The minimum Gasteiger partial charge on any atom is -0.354 e. The number of fused-ring (bicyclic) bond motifs is 1. The van der Waals surface area contributed by atoms with Crippen LogP contribution in [0.15, 0.2) is 30.5 Å². The number of halogens is 1. The molecule has 1 fully saturated rings. The van der Waals surface area contributed by atoms with Crippen LogP contribution in [0.25, 0.3) is 10.9 Å². The molecule has 0 aliphatic carbocycles. The van der Waals surface area contributed by atoms with Crippen molar-refractivity contribution in [1.82, 2.24) is 9.88 Å². The molecule has 0 spiro atoms. The van der Waals surface area contributed by atoms with Gasteiger partial charge in [-0.05, 0) is 31.4 Å². The Balaban J connectivity index is 2.10. The lowest BCUT2D eigenvalue weighted by molar-refractivity contribution is -0.123. The van der Waals surface area contributed by atoms with E-state index in [1.54, 1.807) is 0 Å². The molecule has 1 aromatic heterocycles. The summed E-state index contributed by atoms with van der Waals surface area (Å²) < 4.78 is 2.01. The molecule has 1 aliphatic heterocycles. The van der Waals surface area contributed by atoms with E-state index in [-0.39, 0.29) is 11.9 Å². The molecule has 2 aromatic rings.